The number of rotatable bonds is 0. The number of halogens is 2. The van der Waals surface area contributed by atoms with E-state index in [0.29, 0.717) is 5.71 Å². The van der Waals surface area contributed by atoms with Crippen LogP contribution in [-0.4, -0.2) is 16.5 Å². The van der Waals surface area contributed by atoms with E-state index >= 15 is 0 Å². The molecule has 1 atom stereocenters. The maximum Gasteiger partial charge on any atom is 2.00 e. The van der Waals surface area contributed by atoms with Crippen molar-refractivity contribution in [1.29, 1.82) is 0 Å². The molecule has 0 aromatic heterocycles. The molecular weight excluding hydrogens is 274 g/mol. The Bertz CT molecular complexity index is 293. The molecule has 0 bridgehead atoms. The van der Waals surface area contributed by atoms with Gasteiger partial charge in [-0.2, -0.15) is 4.79 Å². The van der Waals surface area contributed by atoms with Crippen LogP contribution >= 0.6 is 0 Å². The Kier molecular flexibility index (Phi) is 11.7. The van der Waals surface area contributed by atoms with E-state index in [2.05, 4.69) is 4.79 Å². The van der Waals surface area contributed by atoms with Gasteiger partial charge in [0.1, 0.15) is 0 Å². The standard InChI is InChI=1S/C8H11N3.2ClH.Zn/c1-5-6(2)8(11-10)4-3-7(5)9;;;/h3-4,7H,9H2,1-2H3;2*1H;/q;;;+2/p-2. The molecule has 3 nitrogen and oxygen atoms in total. The normalized spacial score (nSPS) is 18.8. The molecule has 1 aliphatic rings. The van der Waals surface area contributed by atoms with Crippen molar-refractivity contribution in [3.05, 3.63) is 28.8 Å². The zero-order valence-corrected chi connectivity index (χ0v) is 12.6. The molecule has 0 amide bonds. The van der Waals surface area contributed by atoms with Crippen molar-refractivity contribution in [2.75, 3.05) is 0 Å². The first-order valence-electron chi connectivity index (χ1n) is 3.50. The summed E-state index contributed by atoms with van der Waals surface area (Å²) in [6.45, 7) is 3.84. The summed E-state index contributed by atoms with van der Waals surface area (Å²) in [4.78, 5) is 3.13. The van der Waals surface area contributed by atoms with E-state index in [1.54, 1.807) is 6.08 Å². The number of nitrogens with zero attached hydrogens (tertiary/aromatic N) is 2. The van der Waals surface area contributed by atoms with Crippen molar-refractivity contribution in [2.45, 2.75) is 19.9 Å². The fourth-order valence-corrected chi connectivity index (χ4v) is 1.02. The third-order valence-electron chi connectivity index (χ3n) is 2.04. The van der Waals surface area contributed by atoms with Crippen molar-refractivity contribution in [3.8, 4) is 0 Å². The van der Waals surface area contributed by atoms with E-state index in [0.717, 1.165) is 11.1 Å². The number of hydrogen-bond acceptors (Lipinski definition) is 1. The first-order chi connectivity index (χ1) is 5.16. The van der Waals surface area contributed by atoms with Gasteiger partial charge in [-0.25, -0.2) is 0 Å². The molecule has 0 spiro atoms. The van der Waals surface area contributed by atoms with Crippen LogP contribution in [0.2, 0.25) is 0 Å². The van der Waals surface area contributed by atoms with Crippen LogP contribution in [0.1, 0.15) is 13.8 Å². The van der Waals surface area contributed by atoms with E-state index in [1.807, 2.05) is 19.9 Å². The molecule has 1 unspecified atom stereocenters. The molecule has 0 saturated heterocycles. The van der Waals surface area contributed by atoms with E-state index in [1.165, 1.54) is 0 Å². The van der Waals surface area contributed by atoms with Crippen molar-refractivity contribution in [2.24, 2.45) is 5.73 Å². The van der Waals surface area contributed by atoms with Crippen LogP contribution in [-0.2, 0) is 19.5 Å². The van der Waals surface area contributed by atoms with Gasteiger partial charge in [0.15, 0.2) is 0 Å². The van der Waals surface area contributed by atoms with Gasteiger partial charge < -0.3 is 36.1 Å². The van der Waals surface area contributed by atoms with Gasteiger partial charge in [-0.05, 0) is 19.4 Å². The number of hydrogen-bond donors (Lipinski definition) is 1. The van der Waals surface area contributed by atoms with E-state index in [4.69, 9.17) is 11.3 Å². The van der Waals surface area contributed by atoms with Crippen LogP contribution < -0.4 is 30.5 Å². The first-order valence-corrected chi connectivity index (χ1v) is 3.50. The molecule has 74 valence electrons. The molecule has 0 saturated carbocycles. The van der Waals surface area contributed by atoms with E-state index in [-0.39, 0.29) is 50.3 Å². The fraction of sp³-hybridized carbons (Fsp3) is 0.375. The van der Waals surface area contributed by atoms with Crippen LogP contribution in [0, 0.1) is 0 Å². The van der Waals surface area contributed by atoms with Crippen LogP contribution in [0.3, 0.4) is 0 Å². The Morgan fingerprint density at radius 3 is 2.29 bits per heavy atom. The Balaban J connectivity index is -0.000000403. The SMILES string of the molecule is CC1=C(C)C(N)C=CC1=[N+]=[N-].[Cl-].[Cl-].[Zn+2]. The summed E-state index contributed by atoms with van der Waals surface area (Å²) < 4.78 is 0. The van der Waals surface area contributed by atoms with Crippen LogP contribution in [0.15, 0.2) is 23.3 Å². The monoisotopic (exact) mass is 283 g/mol. The Labute approximate surface area is 109 Å². The average molecular weight is 285 g/mol. The summed E-state index contributed by atoms with van der Waals surface area (Å²) in [5, 5.41) is 0. The topological polar surface area (TPSA) is 62.4 Å². The number of nitrogens with two attached hydrogens (primary N) is 1. The maximum atomic E-state index is 8.53. The minimum atomic E-state index is -0.0273. The van der Waals surface area contributed by atoms with Gasteiger partial charge in [-0.3, -0.25) is 0 Å². The van der Waals surface area contributed by atoms with Gasteiger partial charge in [-0.1, -0.05) is 6.08 Å². The van der Waals surface area contributed by atoms with Crippen LogP contribution in [0.4, 0.5) is 0 Å². The summed E-state index contributed by atoms with van der Waals surface area (Å²) >= 11 is 0. The van der Waals surface area contributed by atoms with E-state index < -0.39 is 0 Å². The third-order valence-corrected chi connectivity index (χ3v) is 2.04. The molecule has 1 aliphatic carbocycles. The average Bonchev–Trinajstić information content (AvgIpc) is 2.01. The van der Waals surface area contributed by atoms with Crippen molar-refractivity contribution in [1.82, 2.24) is 0 Å². The second-order valence-corrected chi connectivity index (χ2v) is 2.68. The Morgan fingerprint density at radius 1 is 1.36 bits per heavy atom. The smallest absolute Gasteiger partial charge is 1.00 e. The molecule has 0 heterocycles. The van der Waals surface area contributed by atoms with Crippen molar-refractivity contribution < 1.29 is 49.1 Å². The van der Waals surface area contributed by atoms with Crippen LogP contribution in [0.5, 0.6) is 0 Å². The molecule has 0 aliphatic heterocycles. The molecule has 6 heteroatoms. The minimum Gasteiger partial charge on any atom is -1.00 e. The molecule has 0 aromatic carbocycles. The molecule has 2 N–H and O–H groups in total. The maximum absolute atomic E-state index is 8.53. The summed E-state index contributed by atoms with van der Waals surface area (Å²) in [5.41, 5.74) is 16.8. The van der Waals surface area contributed by atoms with Crippen molar-refractivity contribution in [3.63, 3.8) is 0 Å². The second-order valence-electron chi connectivity index (χ2n) is 2.68. The molecule has 1 rings (SSSR count). The summed E-state index contributed by atoms with van der Waals surface area (Å²) in [7, 11) is 0. The van der Waals surface area contributed by atoms with Gasteiger partial charge in [0.25, 0.3) is 0 Å². The minimum absolute atomic E-state index is 0. The fourth-order valence-electron chi connectivity index (χ4n) is 1.02. The zero-order valence-electron chi connectivity index (χ0n) is 8.17. The third kappa shape index (κ3) is 4.04. The Hall–Kier alpha value is 0.0234. The predicted octanol–water partition coefficient (Wildman–Crippen LogP) is -5.10. The van der Waals surface area contributed by atoms with Gasteiger partial charge >= 0.3 is 25.2 Å². The van der Waals surface area contributed by atoms with Crippen LogP contribution in [0.25, 0.3) is 5.53 Å². The Morgan fingerprint density at radius 2 is 1.86 bits per heavy atom. The largest absolute Gasteiger partial charge is 2.00 e. The van der Waals surface area contributed by atoms with Gasteiger partial charge in [0.2, 0.25) is 0 Å². The predicted molar refractivity (Wildman–Crippen MR) is 44.1 cm³/mol. The molecule has 0 aromatic rings. The summed E-state index contributed by atoms with van der Waals surface area (Å²) in [6, 6.07) is -0.0273. The zero-order chi connectivity index (χ0) is 8.43. The second kappa shape index (κ2) is 8.34. The van der Waals surface area contributed by atoms with E-state index in [9.17, 15) is 0 Å². The van der Waals surface area contributed by atoms with Crippen molar-refractivity contribution >= 4 is 5.71 Å². The van der Waals surface area contributed by atoms with Gasteiger partial charge in [-0.15, -0.1) is 0 Å². The molecule has 14 heavy (non-hydrogen) atoms. The first kappa shape index (κ1) is 19.6. The summed E-state index contributed by atoms with van der Waals surface area (Å²) in [5.74, 6) is 0. The molecule has 0 radical (unpaired) electrons. The molecule has 0 fully saturated rings. The van der Waals surface area contributed by atoms with Gasteiger partial charge in [0, 0.05) is 17.7 Å². The quantitative estimate of drug-likeness (QED) is 0.270. The summed E-state index contributed by atoms with van der Waals surface area (Å²) in [6.07, 6.45) is 3.55. The molecular formula is C8H11Cl2N3Zn. The number of allylic oxidation sites excluding steroid dienone is 2. The van der Waals surface area contributed by atoms with Gasteiger partial charge in [0.05, 0.1) is 0 Å².